The van der Waals surface area contributed by atoms with Crippen molar-refractivity contribution in [3.05, 3.63) is 59.4 Å². The van der Waals surface area contributed by atoms with Crippen LogP contribution in [-0.4, -0.2) is 39.7 Å². The van der Waals surface area contributed by atoms with Crippen molar-refractivity contribution in [1.29, 1.82) is 0 Å². The second-order valence-corrected chi connectivity index (χ2v) is 6.89. The molecule has 0 spiro atoms. The van der Waals surface area contributed by atoms with Gasteiger partial charge >= 0.3 is 6.55 Å². The standard InChI is InChI=1S/C20H24F2N2O2/c1-14-7-8-17(24(14)20(21)22)19(26)23-11-9-16(10-12-23)18(25)13-15-5-3-2-4-6-15/h2-8,16,18,20,25H,9-13H2,1H3. The second kappa shape index (κ2) is 7.99. The Morgan fingerprint density at radius 1 is 1.15 bits per heavy atom. The van der Waals surface area contributed by atoms with Crippen molar-refractivity contribution in [2.24, 2.45) is 5.92 Å². The fraction of sp³-hybridized carbons (Fsp3) is 0.450. The Morgan fingerprint density at radius 2 is 1.81 bits per heavy atom. The summed E-state index contributed by atoms with van der Waals surface area (Å²) in [6.07, 6.45) is 1.48. The lowest BCUT2D eigenvalue weighted by Crippen LogP contribution is -2.42. The molecule has 3 rings (SSSR count). The first-order valence-electron chi connectivity index (χ1n) is 8.94. The molecule has 1 atom stereocenters. The number of aromatic nitrogens is 1. The lowest BCUT2D eigenvalue weighted by atomic mass is 9.88. The Kier molecular flexibility index (Phi) is 5.71. The van der Waals surface area contributed by atoms with Gasteiger partial charge in [-0.05, 0) is 49.8 Å². The number of benzene rings is 1. The Labute approximate surface area is 152 Å². The second-order valence-electron chi connectivity index (χ2n) is 6.89. The minimum Gasteiger partial charge on any atom is -0.392 e. The number of amides is 1. The first-order chi connectivity index (χ1) is 12.5. The summed E-state index contributed by atoms with van der Waals surface area (Å²) < 4.78 is 27.1. The summed E-state index contributed by atoms with van der Waals surface area (Å²) in [7, 11) is 0. The first-order valence-corrected chi connectivity index (χ1v) is 8.94. The van der Waals surface area contributed by atoms with Gasteiger partial charge in [0.2, 0.25) is 0 Å². The largest absolute Gasteiger partial charge is 0.392 e. The van der Waals surface area contributed by atoms with E-state index < -0.39 is 12.7 Å². The van der Waals surface area contributed by atoms with Gasteiger partial charge in [-0.1, -0.05) is 30.3 Å². The van der Waals surface area contributed by atoms with Crippen LogP contribution in [0.2, 0.25) is 0 Å². The monoisotopic (exact) mass is 362 g/mol. The zero-order chi connectivity index (χ0) is 18.7. The number of hydrogen-bond acceptors (Lipinski definition) is 2. The molecule has 1 saturated heterocycles. The van der Waals surface area contributed by atoms with Gasteiger partial charge in [0.05, 0.1) is 6.10 Å². The van der Waals surface area contributed by atoms with Crippen molar-refractivity contribution in [1.82, 2.24) is 9.47 Å². The molecular formula is C20H24F2N2O2. The number of aliphatic hydroxyl groups excluding tert-OH is 1. The predicted molar refractivity (Wildman–Crippen MR) is 95.2 cm³/mol. The molecule has 1 unspecified atom stereocenters. The lowest BCUT2D eigenvalue weighted by molar-refractivity contribution is 0.0402. The van der Waals surface area contributed by atoms with Crippen LogP contribution in [0.1, 0.15) is 41.1 Å². The van der Waals surface area contributed by atoms with Crippen LogP contribution in [0.5, 0.6) is 0 Å². The average molecular weight is 362 g/mol. The van der Waals surface area contributed by atoms with Gasteiger partial charge in [0, 0.05) is 18.8 Å². The van der Waals surface area contributed by atoms with Crippen molar-refractivity contribution in [3.63, 3.8) is 0 Å². The Bertz CT molecular complexity index is 738. The number of piperidine rings is 1. The summed E-state index contributed by atoms with van der Waals surface area (Å²) in [5, 5.41) is 10.5. The Morgan fingerprint density at radius 3 is 2.42 bits per heavy atom. The molecule has 0 bridgehead atoms. The summed E-state index contributed by atoms with van der Waals surface area (Å²) in [6, 6.07) is 12.8. The van der Waals surface area contributed by atoms with Gasteiger partial charge in [-0.3, -0.25) is 9.36 Å². The number of halogens is 2. The van der Waals surface area contributed by atoms with Gasteiger partial charge in [-0.2, -0.15) is 8.78 Å². The lowest BCUT2D eigenvalue weighted by Gasteiger charge is -2.34. The van der Waals surface area contributed by atoms with Crippen LogP contribution in [-0.2, 0) is 6.42 Å². The molecule has 140 valence electrons. The van der Waals surface area contributed by atoms with E-state index in [1.807, 2.05) is 30.3 Å². The van der Waals surface area contributed by atoms with E-state index in [9.17, 15) is 18.7 Å². The molecule has 0 radical (unpaired) electrons. The smallest absolute Gasteiger partial charge is 0.319 e. The van der Waals surface area contributed by atoms with Gasteiger partial charge in [0.15, 0.2) is 0 Å². The molecule has 2 heterocycles. The normalized spacial score (nSPS) is 16.9. The molecule has 1 aliphatic heterocycles. The molecule has 0 aliphatic carbocycles. The molecule has 1 aromatic heterocycles. The molecule has 0 saturated carbocycles. The highest BCUT2D eigenvalue weighted by molar-refractivity contribution is 5.93. The number of carbonyl (C=O) groups excluding carboxylic acids is 1. The maximum absolute atomic E-state index is 13.2. The maximum atomic E-state index is 13.2. The topological polar surface area (TPSA) is 45.5 Å². The number of alkyl halides is 2. The van der Waals surface area contributed by atoms with Crippen molar-refractivity contribution >= 4 is 5.91 Å². The molecule has 1 aliphatic rings. The number of nitrogens with zero attached hydrogens (tertiary/aromatic N) is 2. The molecule has 1 fully saturated rings. The minimum absolute atomic E-state index is 0.0285. The van der Waals surface area contributed by atoms with E-state index in [4.69, 9.17) is 0 Å². The van der Waals surface area contributed by atoms with Gasteiger partial charge in [-0.25, -0.2) is 0 Å². The summed E-state index contributed by atoms with van der Waals surface area (Å²) in [5.41, 5.74) is 1.49. The van der Waals surface area contributed by atoms with Crippen molar-refractivity contribution in [3.8, 4) is 0 Å². The molecule has 4 nitrogen and oxygen atoms in total. The van der Waals surface area contributed by atoms with Crippen LogP contribution in [0.4, 0.5) is 8.78 Å². The summed E-state index contributed by atoms with van der Waals surface area (Å²) in [5.74, 6) is -0.253. The number of aryl methyl sites for hydroxylation is 1. The van der Waals surface area contributed by atoms with Crippen LogP contribution >= 0.6 is 0 Å². The van der Waals surface area contributed by atoms with E-state index >= 15 is 0 Å². The Hall–Kier alpha value is -2.21. The molecule has 26 heavy (non-hydrogen) atoms. The summed E-state index contributed by atoms with van der Waals surface area (Å²) in [4.78, 5) is 14.2. The van der Waals surface area contributed by atoms with Crippen molar-refractivity contribution < 1.29 is 18.7 Å². The molecule has 1 amide bonds. The number of rotatable bonds is 5. The third-order valence-electron chi connectivity index (χ3n) is 5.19. The maximum Gasteiger partial charge on any atom is 0.319 e. The van der Waals surface area contributed by atoms with Crippen LogP contribution < -0.4 is 0 Å². The molecule has 6 heteroatoms. The van der Waals surface area contributed by atoms with Crippen LogP contribution in [0.15, 0.2) is 42.5 Å². The van der Waals surface area contributed by atoms with Crippen LogP contribution in [0.3, 0.4) is 0 Å². The highest BCUT2D eigenvalue weighted by atomic mass is 19.3. The SMILES string of the molecule is Cc1ccc(C(=O)N2CCC(C(O)Cc3ccccc3)CC2)n1C(F)F. The minimum atomic E-state index is -2.73. The third-order valence-corrected chi connectivity index (χ3v) is 5.19. The third kappa shape index (κ3) is 3.96. The number of hydrogen-bond donors (Lipinski definition) is 1. The van der Waals surface area contributed by atoms with Gasteiger partial charge < -0.3 is 10.0 Å². The quantitative estimate of drug-likeness (QED) is 0.883. The zero-order valence-corrected chi connectivity index (χ0v) is 14.8. The highest BCUT2D eigenvalue weighted by Gasteiger charge is 2.30. The van der Waals surface area contributed by atoms with E-state index in [0.29, 0.717) is 38.0 Å². The van der Waals surface area contributed by atoms with E-state index in [1.54, 1.807) is 11.8 Å². The summed E-state index contributed by atoms with van der Waals surface area (Å²) in [6.45, 7) is -0.213. The van der Waals surface area contributed by atoms with Crippen LogP contribution in [0, 0.1) is 12.8 Å². The van der Waals surface area contributed by atoms with E-state index in [-0.39, 0.29) is 17.5 Å². The fourth-order valence-corrected chi connectivity index (χ4v) is 3.66. The number of aliphatic hydroxyl groups is 1. The fourth-order valence-electron chi connectivity index (χ4n) is 3.66. The van der Waals surface area contributed by atoms with Crippen molar-refractivity contribution in [2.75, 3.05) is 13.1 Å². The van der Waals surface area contributed by atoms with E-state index in [0.717, 1.165) is 10.1 Å². The number of likely N-dealkylation sites (tertiary alicyclic amines) is 1. The number of carbonyl (C=O) groups is 1. The van der Waals surface area contributed by atoms with E-state index in [1.165, 1.54) is 12.1 Å². The zero-order valence-electron chi connectivity index (χ0n) is 14.8. The van der Waals surface area contributed by atoms with Gasteiger partial charge in [-0.15, -0.1) is 0 Å². The summed E-state index contributed by atoms with van der Waals surface area (Å²) >= 11 is 0. The first kappa shape index (κ1) is 18.6. The average Bonchev–Trinajstić information content (AvgIpc) is 3.04. The molecule has 2 aromatic rings. The van der Waals surface area contributed by atoms with Gasteiger partial charge in [0.25, 0.3) is 5.91 Å². The molecule has 1 N–H and O–H groups in total. The van der Waals surface area contributed by atoms with E-state index in [2.05, 4.69) is 0 Å². The predicted octanol–water partition coefficient (Wildman–Crippen LogP) is 3.65. The van der Waals surface area contributed by atoms with Gasteiger partial charge in [0.1, 0.15) is 5.69 Å². The Balaban J connectivity index is 1.59. The molecule has 1 aromatic carbocycles. The highest BCUT2D eigenvalue weighted by Crippen LogP contribution is 2.26. The van der Waals surface area contributed by atoms with Crippen molar-refractivity contribution in [2.45, 2.75) is 38.8 Å². The molecular weight excluding hydrogens is 338 g/mol. The van der Waals surface area contributed by atoms with Crippen LogP contribution in [0.25, 0.3) is 0 Å².